The van der Waals surface area contributed by atoms with Crippen LogP contribution in [-0.4, -0.2) is 24.0 Å². The first-order valence-electron chi connectivity index (χ1n) is 10.8. The van der Waals surface area contributed by atoms with Crippen LogP contribution in [0.1, 0.15) is 58.6 Å². The molecule has 0 saturated heterocycles. The lowest BCUT2D eigenvalue weighted by Crippen LogP contribution is -2.40. The molecule has 0 bridgehead atoms. The van der Waals surface area contributed by atoms with E-state index in [1.54, 1.807) is 0 Å². The highest BCUT2D eigenvalue weighted by molar-refractivity contribution is 9.13. The number of carbonyl (C=O) groups excluding carboxylic acids is 1. The van der Waals surface area contributed by atoms with Crippen LogP contribution in [0, 0.1) is 0 Å². The van der Waals surface area contributed by atoms with Gasteiger partial charge in [-0.25, -0.2) is 13.2 Å². The molecule has 1 atom stereocenters. The third-order valence-corrected chi connectivity index (χ3v) is 7.75. The van der Waals surface area contributed by atoms with Gasteiger partial charge in [-0.1, -0.05) is 12.1 Å². The molecule has 1 N–H and O–H groups in total. The molecule has 1 amide bonds. The minimum absolute atomic E-state index is 0.138. The van der Waals surface area contributed by atoms with Crippen molar-refractivity contribution in [2.75, 3.05) is 0 Å². The van der Waals surface area contributed by atoms with Gasteiger partial charge in [0.2, 0.25) is 5.92 Å². The van der Waals surface area contributed by atoms with E-state index >= 15 is 0 Å². The van der Waals surface area contributed by atoms with Crippen LogP contribution in [0.4, 0.5) is 39.5 Å². The highest BCUT2D eigenvalue weighted by Crippen LogP contribution is 2.41. The quantitative estimate of drug-likeness (QED) is 0.317. The van der Waals surface area contributed by atoms with Crippen molar-refractivity contribution in [3.63, 3.8) is 0 Å². The number of carbonyl (C=O) groups is 1. The zero-order chi connectivity index (χ0) is 27.8. The molecule has 1 aliphatic rings. The molecule has 3 rings (SSSR count). The Bertz CT molecular complexity index is 1180. The summed E-state index contributed by atoms with van der Waals surface area (Å²) < 4.78 is 125. The zero-order valence-electron chi connectivity index (χ0n) is 18.6. The summed E-state index contributed by atoms with van der Waals surface area (Å²) in [7, 11) is 0. The molecule has 0 spiro atoms. The SMILES string of the molecule is O=C(NC1CCC(F)(F)CC1)c1ccc(/C(F)=C/C(c2ccc(Br)c(Br)c2)C(F)(F)F)cc1C(F)(F)F. The van der Waals surface area contributed by atoms with Crippen molar-refractivity contribution < 1.29 is 44.3 Å². The number of rotatable bonds is 5. The smallest absolute Gasteiger partial charge is 0.349 e. The predicted octanol–water partition coefficient (Wildman–Crippen LogP) is 9.19. The van der Waals surface area contributed by atoms with Gasteiger partial charge in [-0.15, -0.1) is 0 Å². The lowest BCUT2D eigenvalue weighted by atomic mass is 9.91. The third-order valence-electron chi connectivity index (χ3n) is 5.87. The Morgan fingerprint density at radius 2 is 1.59 bits per heavy atom. The Hall–Kier alpha value is -2.02. The lowest BCUT2D eigenvalue weighted by molar-refractivity contribution is -0.140. The monoisotopic (exact) mass is 665 g/mol. The molecule has 1 unspecified atom stereocenters. The lowest BCUT2D eigenvalue weighted by Gasteiger charge is -2.29. The second-order valence-electron chi connectivity index (χ2n) is 8.57. The number of nitrogens with one attached hydrogen (secondary N) is 1. The minimum atomic E-state index is -5.15. The van der Waals surface area contributed by atoms with Crippen LogP contribution in [-0.2, 0) is 6.18 Å². The fraction of sp³-hybridized carbons (Fsp3) is 0.375. The molecule has 37 heavy (non-hydrogen) atoms. The molecule has 202 valence electrons. The van der Waals surface area contributed by atoms with E-state index in [0.29, 0.717) is 10.5 Å². The van der Waals surface area contributed by atoms with E-state index in [4.69, 9.17) is 0 Å². The third kappa shape index (κ3) is 7.52. The molecule has 1 aliphatic carbocycles. The highest BCUT2D eigenvalue weighted by atomic mass is 79.9. The number of hydrogen-bond acceptors (Lipinski definition) is 1. The van der Waals surface area contributed by atoms with Crippen molar-refractivity contribution >= 4 is 43.6 Å². The van der Waals surface area contributed by atoms with Crippen LogP contribution in [0.25, 0.3) is 5.83 Å². The molecule has 0 heterocycles. The summed E-state index contributed by atoms with van der Waals surface area (Å²) in [6.07, 6.45) is -11.3. The number of hydrogen-bond donors (Lipinski definition) is 1. The Labute approximate surface area is 222 Å². The fourth-order valence-electron chi connectivity index (χ4n) is 3.90. The van der Waals surface area contributed by atoms with E-state index < -0.39 is 71.5 Å². The van der Waals surface area contributed by atoms with E-state index in [0.717, 1.165) is 18.2 Å². The van der Waals surface area contributed by atoms with E-state index in [1.165, 1.54) is 6.07 Å². The van der Waals surface area contributed by atoms with Gasteiger partial charge in [0, 0.05) is 33.4 Å². The average molecular weight is 667 g/mol. The summed E-state index contributed by atoms with van der Waals surface area (Å²) in [5, 5.41) is 2.28. The topological polar surface area (TPSA) is 29.1 Å². The van der Waals surface area contributed by atoms with E-state index in [2.05, 4.69) is 37.2 Å². The van der Waals surface area contributed by atoms with Gasteiger partial charge in [-0.3, -0.25) is 4.79 Å². The predicted molar refractivity (Wildman–Crippen MR) is 126 cm³/mol. The molecule has 1 saturated carbocycles. The highest BCUT2D eigenvalue weighted by Gasteiger charge is 2.41. The minimum Gasteiger partial charge on any atom is -0.349 e. The first-order chi connectivity index (χ1) is 17.0. The van der Waals surface area contributed by atoms with Gasteiger partial charge >= 0.3 is 12.4 Å². The summed E-state index contributed by atoms with van der Waals surface area (Å²) in [6.45, 7) is 0. The standard InChI is InChI=1S/C24H18Br2F9NO/c25-18-4-2-12(10-19(18)26)16(23(30,31)32)11-20(27)13-1-3-15(17(9-13)24(33,34)35)21(37)36-14-5-7-22(28,29)8-6-14/h1-4,9-11,14,16H,5-8H2,(H,36,37)/b20-11-. The maximum atomic E-state index is 14.9. The summed E-state index contributed by atoms with van der Waals surface area (Å²) in [6, 6.07) is 4.37. The molecular weight excluding hydrogens is 649 g/mol. The van der Waals surface area contributed by atoms with Gasteiger partial charge in [0.25, 0.3) is 5.91 Å². The number of alkyl halides is 8. The number of halogens is 11. The van der Waals surface area contributed by atoms with Crippen LogP contribution in [0.15, 0.2) is 51.4 Å². The van der Waals surface area contributed by atoms with Crippen LogP contribution in [0.5, 0.6) is 0 Å². The largest absolute Gasteiger partial charge is 0.417 e. The van der Waals surface area contributed by atoms with Crippen molar-refractivity contribution in [1.82, 2.24) is 5.32 Å². The molecule has 0 radical (unpaired) electrons. The Morgan fingerprint density at radius 3 is 2.14 bits per heavy atom. The number of amides is 1. The molecule has 0 aliphatic heterocycles. The van der Waals surface area contributed by atoms with E-state index in [-0.39, 0.29) is 35.0 Å². The van der Waals surface area contributed by atoms with E-state index in [1.807, 2.05) is 0 Å². The second kappa shape index (κ2) is 11.0. The summed E-state index contributed by atoms with van der Waals surface area (Å²) in [5.41, 5.74) is -3.64. The Kier molecular flexibility index (Phi) is 8.78. The van der Waals surface area contributed by atoms with Crippen molar-refractivity contribution in [2.45, 2.75) is 55.9 Å². The van der Waals surface area contributed by atoms with Crippen LogP contribution in [0.3, 0.4) is 0 Å². The second-order valence-corrected chi connectivity index (χ2v) is 10.3. The molecular formula is C24H18Br2F9NO. The van der Waals surface area contributed by atoms with Crippen LogP contribution < -0.4 is 5.32 Å². The number of allylic oxidation sites excluding steroid dienone is 1. The van der Waals surface area contributed by atoms with Gasteiger partial charge in [0.05, 0.1) is 11.1 Å². The van der Waals surface area contributed by atoms with Crippen molar-refractivity contribution in [3.8, 4) is 0 Å². The fourth-order valence-corrected chi connectivity index (χ4v) is 4.54. The van der Waals surface area contributed by atoms with Gasteiger partial charge in [0.1, 0.15) is 11.7 Å². The number of benzene rings is 2. The van der Waals surface area contributed by atoms with Gasteiger partial charge < -0.3 is 5.32 Å². The summed E-state index contributed by atoms with van der Waals surface area (Å²) >= 11 is 6.16. The van der Waals surface area contributed by atoms with Crippen molar-refractivity contribution in [1.29, 1.82) is 0 Å². The molecule has 1 fully saturated rings. The van der Waals surface area contributed by atoms with Crippen LogP contribution in [0.2, 0.25) is 0 Å². The van der Waals surface area contributed by atoms with Gasteiger partial charge in [-0.05, 0) is 80.6 Å². The molecule has 13 heteroatoms. The first-order valence-corrected chi connectivity index (χ1v) is 12.4. The normalized spacial score (nSPS) is 18.0. The van der Waals surface area contributed by atoms with Crippen molar-refractivity contribution in [3.05, 3.63) is 73.7 Å². The Morgan fingerprint density at radius 1 is 0.973 bits per heavy atom. The van der Waals surface area contributed by atoms with Gasteiger partial charge in [-0.2, -0.15) is 26.3 Å². The van der Waals surface area contributed by atoms with E-state index in [9.17, 15) is 44.3 Å². The maximum Gasteiger partial charge on any atom is 0.417 e. The average Bonchev–Trinajstić information content (AvgIpc) is 2.79. The zero-order valence-corrected chi connectivity index (χ0v) is 21.8. The molecule has 2 aromatic rings. The first kappa shape index (κ1) is 29.5. The maximum absolute atomic E-state index is 14.9. The Balaban J connectivity index is 1.94. The summed E-state index contributed by atoms with van der Waals surface area (Å²) in [5.74, 6) is -8.16. The summed E-state index contributed by atoms with van der Waals surface area (Å²) in [4.78, 5) is 12.5. The molecule has 2 aromatic carbocycles. The van der Waals surface area contributed by atoms with Crippen molar-refractivity contribution in [2.24, 2.45) is 0 Å². The van der Waals surface area contributed by atoms with Gasteiger partial charge in [0.15, 0.2) is 0 Å². The molecule has 0 aromatic heterocycles. The van der Waals surface area contributed by atoms with Crippen LogP contribution >= 0.6 is 31.9 Å². The molecule has 2 nitrogen and oxygen atoms in total.